The molecule has 4 heteroatoms. The number of fused-ring (bicyclic) bond motifs is 1. The van der Waals surface area contributed by atoms with Crippen molar-refractivity contribution in [3.63, 3.8) is 0 Å². The molecule has 0 spiro atoms. The lowest BCUT2D eigenvalue weighted by atomic mass is 10.4. The van der Waals surface area contributed by atoms with Crippen molar-refractivity contribution in [1.82, 2.24) is 12.7 Å². The van der Waals surface area contributed by atoms with Crippen molar-refractivity contribution in [2.75, 3.05) is 6.54 Å². The van der Waals surface area contributed by atoms with E-state index in [4.69, 9.17) is 0 Å². The molecule has 0 N–H and O–H groups in total. The van der Waals surface area contributed by atoms with Gasteiger partial charge in [0.05, 0.1) is 6.54 Å². The Morgan fingerprint density at radius 1 is 1.50 bits per heavy atom. The van der Waals surface area contributed by atoms with Gasteiger partial charge in [0, 0.05) is 48.3 Å². The minimum Gasteiger partial charge on any atom is -0.333 e. The van der Waals surface area contributed by atoms with Gasteiger partial charge in [-0.15, -0.1) is 0 Å². The first-order chi connectivity index (χ1) is 4.86. The fourth-order valence-electron chi connectivity index (χ4n) is 1.14. The molecule has 0 saturated carbocycles. The third-order valence-electron chi connectivity index (χ3n) is 1.70. The van der Waals surface area contributed by atoms with Crippen molar-refractivity contribution < 1.29 is 0 Å². The zero-order valence-electron chi connectivity index (χ0n) is 5.50. The van der Waals surface area contributed by atoms with Gasteiger partial charge in [0.2, 0.25) is 0 Å². The molecule has 2 heterocycles. The first-order valence-corrected chi connectivity index (χ1v) is 4.23. The molecule has 1 aromatic heterocycles. The molecule has 1 aliphatic heterocycles. The predicted molar refractivity (Wildman–Crippen MR) is 46.7 cm³/mol. The molecule has 0 amide bonds. The molecule has 0 atom stereocenters. The Kier molecular flexibility index (Phi) is 1.65. The molecule has 0 fully saturated rings. The molecule has 54 valence electrons. The van der Waals surface area contributed by atoms with E-state index in [-0.39, 0.29) is 0 Å². The van der Waals surface area contributed by atoms with Gasteiger partial charge < -0.3 is 4.57 Å². The number of hydrogen-bond acceptors (Lipinski definition) is 2. The van der Waals surface area contributed by atoms with Crippen LogP contribution in [0, 0.1) is 0 Å². The fourth-order valence-corrected chi connectivity index (χ4v) is 1.66. The van der Waals surface area contributed by atoms with Crippen molar-refractivity contribution in [2.45, 2.75) is 13.1 Å². The Labute approximate surface area is 73.5 Å². The molecule has 1 aromatic rings. The molecule has 2 rings (SSSR count). The number of imidazole rings is 1. The van der Waals surface area contributed by atoms with Crippen LogP contribution in [-0.4, -0.2) is 19.2 Å². The summed E-state index contributed by atoms with van der Waals surface area (Å²) in [4.78, 5) is 4.22. The highest BCUT2D eigenvalue weighted by Crippen LogP contribution is 2.12. The smallest absolute Gasteiger partial charge is 0.123 e. The van der Waals surface area contributed by atoms with Crippen LogP contribution in [0.5, 0.6) is 0 Å². The van der Waals surface area contributed by atoms with Crippen LogP contribution >= 0.6 is 22.9 Å². The molecule has 0 unspecified atom stereocenters. The van der Waals surface area contributed by atoms with Crippen molar-refractivity contribution in [1.29, 1.82) is 0 Å². The zero-order chi connectivity index (χ0) is 6.97. The van der Waals surface area contributed by atoms with Crippen molar-refractivity contribution in [2.24, 2.45) is 0 Å². The van der Waals surface area contributed by atoms with Crippen LogP contribution in [-0.2, 0) is 13.1 Å². The van der Waals surface area contributed by atoms with Crippen LogP contribution in [0.15, 0.2) is 12.4 Å². The maximum atomic E-state index is 4.22. The number of hydrogen-bond donors (Lipinski definition) is 0. The second kappa shape index (κ2) is 2.50. The van der Waals surface area contributed by atoms with E-state index in [1.54, 1.807) is 0 Å². The summed E-state index contributed by atoms with van der Waals surface area (Å²) in [5, 5.41) is 0. The first-order valence-electron chi connectivity index (χ1n) is 3.27. The van der Waals surface area contributed by atoms with Crippen molar-refractivity contribution in [3.8, 4) is 0 Å². The summed E-state index contributed by atoms with van der Waals surface area (Å²) in [7, 11) is 0. The van der Waals surface area contributed by atoms with Crippen molar-refractivity contribution in [3.05, 3.63) is 18.2 Å². The molecule has 0 saturated heterocycles. The molecular weight excluding hydrogens is 241 g/mol. The van der Waals surface area contributed by atoms with E-state index < -0.39 is 0 Å². The fraction of sp³-hybridized carbons (Fsp3) is 0.500. The van der Waals surface area contributed by atoms with Crippen LogP contribution in [0.1, 0.15) is 5.82 Å². The number of rotatable bonds is 0. The van der Waals surface area contributed by atoms with E-state index in [0.29, 0.717) is 0 Å². The standard InChI is InChI=1S/C6H8IN3/c7-10-4-3-9-2-1-8-6(9)5-10/h1-2H,3-5H2. The molecule has 1 aliphatic rings. The van der Waals surface area contributed by atoms with Gasteiger partial charge >= 0.3 is 0 Å². The van der Waals surface area contributed by atoms with E-state index in [1.807, 2.05) is 12.4 Å². The lowest BCUT2D eigenvalue weighted by Crippen LogP contribution is -2.25. The van der Waals surface area contributed by atoms with Crippen LogP contribution in [0.25, 0.3) is 0 Å². The second-order valence-electron chi connectivity index (χ2n) is 2.38. The number of nitrogens with zero attached hydrogens (tertiary/aromatic N) is 3. The average Bonchev–Trinajstić information content (AvgIpc) is 2.33. The Morgan fingerprint density at radius 3 is 3.30 bits per heavy atom. The summed E-state index contributed by atoms with van der Waals surface area (Å²) >= 11 is 2.33. The normalized spacial score (nSPS) is 18.9. The van der Waals surface area contributed by atoms with Gasteiger partial charge in [-0.25, -0.2) is 8.10 Å². The van der Waals surface area contributed by atoms with Gasteiger partial charge in [0.25, 0.3) is 0 Å². The van der Waals surface area contributed by atoms with E-state index in [0.717, 1.165) is 19.6 Å². The van der Waals surface area contributed by atoms with E-state index in [1.165, 1.54) is 5.82 Å². The summed E-state index contributed by atoms with van der Waals surface area (Å²) in [5.74, 6) is 1.18. The van der Waals surface area contributed by atoms with Gasteiger partial charge in [-0.1, -0.05) is 0 Å². The first kappa shape index (κ1) is 6.60. The maximum absolute atomic E-state index is 4.22. The predicted octanol–water partition coefficient (Wildman–Crippen LogP) is 1.05. The molecule has 0 bridgehead atoms. The molecule has 0 aliphatic carbocycles. The largest absolute Gasteiger partial charge is 0.333 e. The van der Waals surface area contributed by atoms with Gasteiger partial charge in [-0.2, -0.15) is 0 Å². The molecule has 3 nitrogen and oxygen atoms in total. The summed E-state index contributed by atoms with van der Waals surface area (Å²) in [6.07, 6.45) is 3.91. The second-order valence-corrected chi connectivity index (χ2v) is 3.75. The van der Waals surface area contributed by atoms with E-state index in [2.05, 4.69) is 35.5 Å². The zero-order valence-corrected chi connectivity index (χ0v) is 7.65. The maximum Gasteiger partial charge on any atom is 0.123 e. The SMILES string of the molecule is IN1CCn2ccnc2C1. The number of halogens is 1. The van der Waals surface area contributed by atoms with Crippen LogP contribution < -0.4 is 0 Å². The molecule has 10 heavy (non-hydrogen) atoms. The summed E-state index contributed by atoms with van der Waals surface area (Å²) < 4.78 is 4.45. The topological polar surface area (TPSA) is 21.1 Å². The summed E-state index contributed by atoms with van der Waals surface area (Å²) in [6.45, 7) is 3.19. The summed E-state index contributed by atoms with van der Waals surface area (Å²) in [6, 6.07) is 0. The third-order valence-corrected chi connectivity index (χ3v) is 2.52. The lowest BCUT2D eigenvalue weighted by molar-refractivity contribution is 0.395. The van der Waals surface area contributed by atoms with Crippen LogP contribution in [0.4, 0.5) is 0 Å². The Hall–Kier alpha value is -0.100. The van der Waals surface area contributed by atoms with Gasteiger partial charge in [-0.05, 0) is 0 Å². The quantitative estimate of drug-likeness (QED) is 0.506. The minimum absolute atomic E-state index is 0.980. The molecule has 0 aromatic carbocycles. The van der Waals surface area contributed by atoms with Gasteiger partial charge in [0.15, 0.2) is 0 Å². The lowest BCUT2D eigenvalue weighted by Gasteiger charge is -2.20. The van der Waals surface area contributed by atoms with E-state index in [9.17, 15) is 0 Å². The molecule has 0 radical (unpaired) electrons. The van der Waals surface area contributed by atoms with Gasteiger partial charge in [-0.3, -0.25) is 0 Å². The van der Waals surface area contributed by atoms with Gasteiger partial charge in [0.1, 0.15) is 5.82 Å². The highest BCUT2D eigenvalue weighted by molar-refractivity contribution is 14.1. The van der Waals surface area contributed by atoms with Crippen LogP contribution in [0.3, 0.4) is 0 Å². The highest BCUT2D eigenvalue weighted by atomic mass is 127. The minimum atomic E-state index is 0.980. The molecular formula is C6H8IN3. The number of aromatic nitrogens is 2. The average molecular weight is 249 g/mol. The summed E-state index contributed by atoms with van der Waals surface area (Å²) in [5.41, 5.74) is 0. The monoisotopic (exact) mass is 249 g/mol. The van der Waals surface area contributed by atoms with E-state index >= 15 is 0 Å². The van der Waals surface area contributed by atoms with Crippen molar-refractivity contribution >= 4 is 22.9 Å². The van der Waals surface area contributed by atoms with Crippen LogP contribution in [0.2, 0.25) is 0 Å². The third kappa shape index (κ3) is 1.05. The Balaban J connectivity index is 2.30. The Bertz CT molecular complexity index is 233. The highest BCUT2D eigenvalue weighted by Gasteiger charge is 2.12. The Morgan fingerprint density at radius 2 is 2.40 bits per heavy atom.